The quantitative estimate of drug-likeness (QED) is 0.702. The van der Waals surface area contributed by atoms with Gasteiger partial charge in [-0.3, -0.25) is 0 Å². The molecular formula is C13H12BrCl2NOS. The van der Waals surface area contributed by atoms with Crippen molar-refractivity contribution in [1.29, 1.82) is 0 Å². The summed E-state index contributed by atoms with van der Waals surface area (Å²) in [4.78, 5) is 1.16. The van der Waals surface area contributed by atoms with Crippen LogP contribution in [0.5, 0.6) is 5.75 Å². The summed E-state index contributed by atoms with van der Waals surface area (Å²) in [5.74, 6) is 0.735. The van der Waals surface area contributed by atoms with Gasteiger partial charge in [-0.1, -0.05) is 23.2 Å². The van der Waals surface area contributed by atoms with Crippen molar-refractivity contribution >= 4 is 56.2 Å². The summed E-state index contributed by atoms with van der Waals surface area (Å²) in [6, 6.07) is 7.67. The van der Waals surface area contributed by atoms with Crippen molar-refractivity contribution in [2.75, 3.05) is 12.4 Å². The lowest BCUT2D eigenvalue weighted by atomic mass is 10.2. The molecule has 2 aromatic rings. The molecule has 0 saturated carbocycles. The number of nitrogens with one attached hydrogen (secondary N) is 1. The van der Waals surface area contributed by atoms with E-state index in [9.17, 15) is 0 Å². The first-order valence-corrected chi connectivity index (χ1v) is 7.92. The van der Waals surface area contributed by atoms with Gasteiger partial charge < -0.3 is 10.1 Å². The Labute approximate surface area is 134 Å². The van der Waals surface area contributed by atoms with Gasteiger partial charge in [0.05, 0.1) is 27.6 Å². The number of anilines is 1. The molecule has 1 atom stereocenters. The molecule has 0 spiro atoms. The van der Waals surface area contributed by atoms with Gasteiger partial charge in [0.2, 0.25) is 0 Å². The summed E-state index contributed by atoms with van der Waals surface area (Å²) in [5.41, 5.74) is 0.846. The van der Waals surface area contributed by atoms with Gasteiger partial charge in [0.1, 0.15) is 0 Å². The molecule has 2 rings (SSSR count). The third-order valence-corrected chi connectivity index (χ3v) is 4.83. The molecule has 1 unspecified atom stereocenters. The first-order chi connectivity index (χ1) is 9.01. The highest BCUT2D eigenvalue weighted by molar-refractivity contribution is 9.10. The zero-order valence-corrected chi connectivity index (χ0v) is 14.3. The summed E-state index contributed by atoms with van der Waals surface area (Å²) < 4.78 is 6.98. The Morgan fingerprint density at radius 3 is 2.63 bits per heavy atom. The van der Waals surface area contributed by atoms with E-state index in [1.807, 2.05) is 18.2 Å². The van der Waals surface area contributed by atoms with Crippen LogP contribution in [-0.2, 0) is 0 Å². The highest BCUT2D eigenvalue weighted by atomic mass is 79.9. The molecule has 1 N–H and O–H groups in total. The number of ether oxygens (including phenoxy) is 1. The van der Waals surface area contributed by atoms with E-state index in [1.165, 1.54) is 0 Å². The predicted molar refractivity (Wildman–Crippen MR) is 87.1 cm³/mol. The summed E-state index contributed by atoms with van der Waals surface area (Å²) in [5, 5.41) is 4.03. The van der Waals surface area contributed by atoms with E-state index in [2.05, 4.69) is 28.2 Å². The van der Waals surface area contributed by atoms with Crippen LogP contribution in [0.25, 0.3) is 0 Å². The third-order valence-electron chi connectivity index (χ3n) is 2.61. The lowest BCUT2D eigenvalue weighted by molar-refractivity contribution is 0.413. The minimum Gasteiger partial charge on any atom is -0.493 e. The van der Waals surface area contributed by atoms with Crippen molar-refractivity contribution < 1.29 is 4.74 Å². The molecule has 0 amide bonds. The normalized spacial score (nSPS) is 12.3. The Kier molecular flexibility index (Phi) is 5.01. The average molecular weight is 381 g/mol. The van der Waals surface area contributed by atoms with Crippen molar-refractivity contribution in [1.82, 2.24) is 0 Å². The Bertz CT molecular complexity index is 588. The molecule has 0 radical (unpaired) electrons. The van der Waals surface area contributed by atoms with E-state index >= 15 is 0 Å². The number of methoxy groups -OCH3 is 1. The second kappa shape index (κ2) is 6.35. The second-order valence-corrected chi connectivity index (χ2v) is 7.01. The maximum absolute atomic E-state index is 6.07. The van der Waals surface area contributed by atoms with Crippen molar-refractivity contribution in [3.63, 3.8) is 0 Å². The fourth-order valence-corrected chi connectivity index (χ4v) is 3.78. The maximum atomic E-state index is 6.07. The Morgan fingerprint density at radius 1 is 1.32 bits per heavy atom. The number of rotatable bonds is 4. The first kappa shape index (κ1) is 15.0. The monoisotopic (exact) mass is 379 g/mol. The Morgan fingerprint density at radius 2 is 2.05 bits per heavy atom. The van der Waals surface area contributed by atoms with Gasteiger partial charge in [0.15, 0.2) is 5.75 Å². The van der Waals surface area contributed by atoms with Crippen LogP contribution < -0.4 is 10.1 Å². The van der Waals surface area contributed by atoms with Crippen LogP contribution in [-0.4, -0.2) is 7.11 Å². The van der Waals surface area contributed by atoms with Gasteiger partial charge in [-0.15, -0.1) is 11.3 Å². The van der Waals surface area contributed by atoms with Gasteiger partial charge in [-0.05, 0) is 47.1 Å². The largest absolute Gasteiger partial charge is 0.493 e. The van der Waals surface area contributed by atoms with E-state index < -0.39 is 0 Å². The smallest absolute Gasteiger partial charge is 0.156 e. The summed E-state index contributed by atoms with van der Waals surface area (Å²) in [6.07, 6.45) is 0. The van der Waals surface area contributed by atoms with Crippen LogP contribution in [0, 0.1) is 0 Å². The van der Waals surface area contributed by atoms with Crippen LogP contribution in [0.1, 0.15) is 17.8 Å². The topological polar surface area (TPSA) is 21.3 Å². The van der Waals surface area contributed by atoms with E-state index in [0.717, 1.165) is 25.1 Å². The summed E-state index contributed by atoms with van der Waals surface area (Å²) >= 11 is 17.0. The number of hydrogen-bond acceptors (Lipinski definition) is 3. The molecule has 0 saturated heterocycles. The number of benzene rings is 1. The van der Waals surface area contributed by atoms with Crippen LogP contribution in [0.2, 0.25) is 9.36 Å². The van der Waals surface area contributed by atoms with Gasteiger partial charge in [-0.25, -0.2) is 0 Å². The minimum atomic E-state index is 0.122. The molecule has 6 heteroatoms. The molecule has 1 heterocycles. The van der Waals surface area contributed by atoms with E-state index in [-0.39, 0.29) is 6.04 Å². The molecule has 0 aliphatic rings. The number of thiophene rings is 1. The summed E-state index contributed by atoms with van der Waals surface area (Å²) in [7, 11) is 1.63. The zero-order valence-electron chi connectivity index (χ0n) is 10.3. The average Bonchev–Trinajstić information content (AvgIpc) is 2.75. The first-order valence-electron chi connectivity index (χ1n) is 5.56. The molecule has 0 aliphatic carbocycles. The van der Waals surface area contributed by atoms with Crippen molar-refractivity contribution in [2.45, 2.75) is 13.0 Å². The molecule has 1 aromatic carbocycles. The van der Waals surface area contributed by atoms with Gasteiger partial charge in [0, 0.05) is 9.90 Å². The highest BCUT2D eigenvalue weighted by Crippen LogP contribution is 2.38. The van der Waals surface area contributed by atoms with Crippen molar-refractivity contribution in [3.8, 4) is 5.75 Å². The van der Waals surface area contributed by atoms with Crippen molar-refractivity contribution in [3.05, 3.63) is 43.0 Å². The zero-order chi connectivity index (χ0) is 14.0. The van der Waals surface area contributed by atoms with Crippen LogP contribution in [0.15, 0.2) is 28.7 Å². The van der Waals surface area contributed by atoms with E-state index in [1.54, 1.807) is 24.5 Å². The van der Waals surface area contributed by atoms with Gasteiger partial charge >= 0.3 is 0 Å². The molecule has 2 nitrogen and oxygen atoms in total. The molecule has 1 aromatic heterocycles. The second-order valence-electron chi connectivity index (χ2n) is 3.98. The summed E-state index contributed by atoms with van der Waals surface area (Å²) in [6.45, 7) is 2.07. The molecule has 102 valence electrons. The molecule has 0 aliphatic heterocycles. The SMILES string of the molecule is COc1c(Br)cc(Cl)cc1NC(C)c1ccc(Cl)s1. The molecule has 0 fully saturated rings. The van der Waals surface area contributed by atoms with E-state index in [4.69, 9.17) is 27.9 Å². The number of hydrogen-bond donors (Lipinski definition) is 1. The minimum absolute atomic E-state index is 0.122. The Balaban J connectivity index is 2.27. The van der Waals surface area contributed by atoms with Crippen molar-refractivity contribution in [2.24, 2.45) is 0 Å². The predicted octanol–water partition coefficient (Wildman–Crippen LogP) is 6.00. The van der Waals surface area contributed by atoms with Crippen LogP contribution in [0.3, 0.4) is 0 Å². The fraction of sp³-hybridized carbons (Fsp3) is 0.231. The fourth-order valence-electron chi connectivity index (χ4n) is 1.74. The van der Waals surface area contributed by atoms with Gasteiger partial charge in [0.25, 0.3) is 0 Å². The van der Waals surface area contributed by atoms with Crippen LogP contribution >= 0.6 is 50.5 Å². The molecule has 19 heavy (non-hydrogen) atoms. The van der Waals surface area contributed by atoms with Crippen LogP contribution in [0.4, 0.5) is 5.69 Å². The lowest BCUT2D eigenvalue weighted by Crippen LogP contribution is -2.06. The lowest BCUT2D eigenvalue weighted by Gasteiger charge is -2.17. The van der Waals surface area contributed by atoms with E-state index in [0.29, 0.717) is 5.02 Å². The maximum Gasteiger partial charge on any atom is 0.156 e. The standard InChI is InChI=1S/C13H12BrCl2NOS/c1-7(11-3-4-12(16)19-11)17-10-6-8(15)5-9(14)13(10)18-2/h3-7,17H,1-2H3. The highest BCUT2D eigenvalue weighted by Gasteiger charge is 2.14. The molecular weight excluding hydrogens is 369 g/mol. The third kappa shape index (κ3) is 3.57. The number of halogens is 3. The van der Waals surface area contributed by atoms with Gasteiger partial charge in [-0.2, -0.15) is 0 Å². The molecule has 0 bridgehead atoms. The Hall–Kier alpha value is -0.420.